The van der Waals surface area contributed by atoms with Crippen LogP contribution in [0, 0.1) is 0 Å². The number of hydrogen-bond acceptors (Lipinski definition) is 4. The summed E-state index contributed by atoms with van der Waals surface area (Å²) >= 11 is 6.32. The summed E-state index contributed by atoms with van der Waals surface area (Å²) in [5.74, 6) is 0.978. The third-order valence-corrected chi connectivity index (χ3v) is 4.16. The maximum absolute atomic E-state index is 12.7. The smallest absolute Gasteiger partial charge is 0.254 e. The van der Waals surface area contributed by atoms with Crippen LogP contribution in [0.15, 0.2) is 12.1 Å². The molecule has 1 saturated heterocycles. The summed E-state index contributed by atoms with van der Waals surface area (Å²) in [6.45, 7) is 6.92. The summed E-state index contributed by atoms with van der Waals surface area (Å²) in [7, 11) is 1.56. The Labute approximate surface area is 155 Å². The average Bonchev–Trinajstić information content (AvgIpc) is 2.55. The Hall–Kier alpha value is -1.17. The predicted molar refractivity (Wildman–Crippen MR) is 99.0 cm³/mol. The minimum atomic E-state index is -0.0290. The topological polar surface area (TPSA) is 50.8 Å². The van der Waals surface area contributed by atoms with Crippen molar-refractivity contribution < 1.29 is 14.3 Å². The molecule has 1 aliphatic rings. The number of nitrogens with one attached hydrogen (secondary N) is 1. The number of halogens is 2. The highest BCUT2D eigenvalue weighted by Gasteiger charge is 2.24. The molecule has 0 spiro atoms. The Balaban J connectivity index is 0.00000288. The quantitative estimate of drug-likeness (QED) is 0.773. The van der Waals surface area contributed by atoms with Crippen molar-refractivity contribution in [3.8, 4) is 11.5 Å². The largest absolute Gasteiger partial charge is 0.493 e. The number of piperazine rings is 1. The third kappa shape index (κ3) is 5.16. The molecule has 1 aromatic carbocycles. The Morgan fingerprint density at radius 1 is 1.46 bits per heavy atom. The van der Waals surface area contributed by atoms with Crippen molar-refractivity contribution in [2.45, 2.75) is 32.7 Å². The normalized spacial score (nSPS) is 17.2. The van der Waals surface area contributed by atoms with E-state index in [4.69, 9.17) is 21.1 Å². The second kappa shape index (κ2) is 9.97. The number of hydrogen-bond donors (Lipinski definition) is 1. The Kier molecular flexibility index (Phi) is 8.67. The van der Waals surface area contributed by atoms with Crippen LogP contribution in [0.25, 0.3) is 0 Å². The van der Waals surface area contributed by atoms with Gasteiger partial charge in [0, 0.05) is 31.2 Å². The summed E-state index contributed by atoms with van der Waals surface area (Å²) in [5.41, 5.74) is 0.531. The molecule has 1 fully saturated rings. The van der Waals surface area contributed by atoms with E-state index in [2.05, 4.69) is 19.2 Å². The van der Waals surface area contributed by atoms with Crippen molar-refractivity contribution in [3.63, 3.8) is 0 Å². The van der Waals surface area contributed by atoms with Crippen LogP contribution in [0.1, 0.15) is 37.0 Å². The summed E-state index contributed by atoms with van der Waals surface area (Å²) in [5, 5.41) is 3.73. The van der Waals surface area contributed by atoms with E-state index in [0.29, 0.717) is 47.8 Å². The van der Waals surface area contributed by atoms with E-state index in [0.717, 1.165) is 19.4 Å². The van der Waals surface area contributed by atoms with Gasteiger partial charge in [0.15, 0.2) is 11.5 Å². The second-order valence-electron chi connectivity index (χ2n) is 5.80. The number of nitrogens with zero attached hydrogens (tertiary/aromatic N) is 1. The molecule has 0 saturated carbocycles. The van der Waals surface area contributed by atoms with Crippen LogP contribution < -0.4 is 14.8 Å². The number of rotatable bonds is 6. The molecule has 1 aromatic rings. The van der Waals surface area contributed by atoms with E-state index in [1.54, 1.807) is 19.2 Å². The number of carbonyl (C=O) groups excluding carboxylic acids is 1. The van der Waals surface area contributed by atoms with Crippen molar-refractivity contribution in [1.82, 2.24) is 10.2 Å². The molecule has 0 radical (unpaired) electrons. The molecule has 0 bridgehead atoms. The van der Waals surface area contributed by atoms with Gasteiger partial charge in [0.05, 0.1) is 18.7 Å². The monoisotopic (exact) mass is 376 g/mol. The lowest BCUT2D eigenvalue weighted by atomic mass is 10.1. The summed E-state index contributed by atoms with van der Waals surface area (Å²) < 4.78 is 11.1. The van der Waals surface area contributed by atoms with Gasteiger partial charge < -0.3 is 19.7 Å². The number of ether oxygens (including phenoxy) is 2. The van der Waals surface area contributed by atoms with Gasteiger partial charge in [0.2, 0.25) is 0 Å². The number of benzene rings is 1. The zero-order chi connectivity index (χ0) is 16.8. The highest BCUT2D eigenvalue weighted by atomic mass is 35.5. The first kappa shape index (κ1) is 20.9. The van der Waals surface area contributed by atoms with Crippen molar-refractivity contribution in [1.29, 1.82) is 0 Å². The third-order valence-electron chi connectivity index (χ3n) is 3.88. The lowest BCUT2D eigenvalue weighted by Gasteiger charge is -2.32. The fourth-order valence-electron chi connectivity index (χ4n) is 2.60. The van der Waals surface area contributed by atoms with Crippen LogP contribution in [0.5, 0.6) is 11.5 Å². The lowest BCUT2D eigenvalue weighted by Crippen LogP contribution is -2.51. The zero-order valence-corrected chi connectivity index (χ0v) is 16.0. The van der Waals surface area contributed by atoms with Gasteiger partial charge in [-0.15, -0.1) is 12.4 Å². The maximum atomic E-state index is 12.7. The molecule has 1 aliphatic heterocycles. The Morgan fingerprint density at radius 2 is 2.21 bits per heavy atom. The highest BCUT2D eigenvalue weighted by Crippen LogP contribution is 2.37. The van der Waals surface area contributed by atoms with Crippen molar-refractivity contribution in [2.75, 3.05) is 33.4 Å². The van der Waals surface area contributed by atoms with Crippen molar-refractivity contribution in [2.24, 2.45) is 0 Å². The molecule has 1 N–H and O–H groups in total. The van der Waals surface area contributed by atoms with E-state index in [-0.39, 0.29) is 18.3 Å². The maximum Gasteiger partial charge on any atom is 0.254 e. The summed E-state index contributed by atoms with van der Waals surface area (Å²) in [6.07, 6.45) is 1.98. The predicted octanol–water partition coefficient (Wildman–Crippen LogP) is 3.38. The molecule has 1 amide bonds. The molecule has 136 valence electrons. The fourth-order valence-corrected chi connectivity index (χ4v) is 2.87. The molecule has 1 heterocycles. The van der Waals surface area contributed by atoms with Crippen LogP contribution in [-0.4, -0.2) is 50.2 Å². The number of unbranched alkanes of at least 4 members (excludes halogenated alkanes) is 1. The molecule has 0 aromatic heterocycles. The molecule has 7 heteroatoms. The Morgan fingerprint density at radius 3 is 2.83 bits per heavy atom. The second-order valence-corrected chi connectivity index (χ2v) is 6.21. The number of amides is 1. The summed E-state index contributed by atoms with van der Waals surface area (Å²) in [4.78, 5) is 14.5. The van der Waals surface area contributed by atoms with Crippen molar-refractivity contribution >= 4 is 29.9 Å². The minimum absolute atomic E-state index is 0. The van der Waals surface area contributed by atoms with Crippen LogP contribution in [0.3, 0.4) is 0 Å². The summed E-state index contributed by atoms with van der Waals surface area (Å²) in [6, 6.07) is 3.67. The van der Waals surface area contributed by atoms with Gasteiger partial charge in [-0.1, -0.05) is 24.9 Å². The molecule has 2 rings (SSSR count). The first-order valence-electron chi connectivity index (χ1n) is 8.09. The van der Waals surface area contributed by atoms with Crippen LogP contribution in [0.4, 0.5) is 0 Å². The highest BCUT2D eigenvalue weighted by molar-refractivity contribution is 6.32. The fraction of sp³-hybridized carbons (Fsp3) is 0.588. The van der Waals surface area contributed by atoms with E-state index in [1.165, 1.54) is 0 Å². The Bertz CT molecular complexity index is 555. The van der Waals surface area contributed by atoms with Gasteiger partial charge in [-0.25, -0.2) is 0 Å². The first-order chi connectivity index (χ1) is 11.1. The SMILES string of the molecule is CCCCOc1c(Cl)cc(C(=O)N2CCNC(C)C2)cc1OC.Cl. The number of carbonyl (C=O) groups is 1. The van der Waals surface area contributed by atoms with Crippen molar-refractivity contribution in [3.05, 3.63) is 22.7 Å². The van der Waals surface area contributed by atoms with E-state index in [9.17, 15) is 4.79 Å². The van der Waals surface area contributed by atoms with E-state index >= 15 is 0 Å². The molecular weight excluding hydrogens is 351 g/mol. The van der Waals surface area contributed by atoms with Gasteiger partial charge >= 0.3 is 0 Å². The van der Waals surface area contributed by atoms with Gasteiger partial charge in [0.1, 0.15) is 0 Å². The average molecular weight is 377 g/mol. The molecule has 1 unspecified atom stereocenters. The van der Waals surface area contributed by atoms with Gasteiger partial charge in [-0.3, -0.25) is 4.79 Å². The van der Waals surface area contributed by atoms with E-state index in [1.807, 2.05) is 4.90 Å². The van der Waals surface area contributed by atoms with Crippen LogP contribution in [0.2, 0.25) is 5.02 Å². The minimum Gasteiger partial charge on any atom is -0.493 e. The first-order valence-corrected chi connectivity index (χ1v) is 8.47. The molecular formula is C17H26Cl2N2O3. The zero-order valence-electron chi connectivity index (χ0n) is 14.4. The standard InChI is InChI=1S/C17H25ClN2O3.ClH/c1-4-5-8-23-16-14(18)9-13(10-15(16)22-3)17(21)20-7-6-19-12(2)11-20;/h9-10,12,19H,4-8,11H2,1-3H3;1H. The number of methoxy groups -OCH3 is 1. The molecule has 1 atom stereocenters. The van der Waals surface area contributed by atoms with Gasteiger partial charge in [-0.2, -0.15) is 0 Å². The van der Waals surface area contributed by atoms with Gasteiger partial charge in [-0.05, 0) is 25.5 Å². The van der Waals surface area contributed by atoms with E-state index < -0.39 is 0 Å². The molecule has 0 aliphatic carbocycles. The van der Waals surface area contributed by atoms with Crippen LogP contribution in [-0.2, 0) is 0 Å². The van der Waals surface area contributed by atoms with Crippen LogP contribution >= 0.6 is 24.0 Å². The molecule has 5 nitrogen and oxygen atoms in total. The van der Waals surface area contributed by atoms with Gasteiger partial charge in [0.25, 0.3) is 5.91 Å². The lowest BCUT2D eigenvalue weighted by molar-refractivity contribution is 0.0708. The molecule has 24 heavy (non-hydrogen) atoms.